The fourth-order valence-electron chi connectivity index (χ4n) is 4.15. The van der Waals surface area contributed by atoms with Crippen molar-refractivity contribution < 1.29 is 9.59 Å². The Morgan fingerprint density at radius 1 is 1.32 bits per heavy atom. The lowest BCUT2D eigenvalue weighted by Gasteiger charge is -2.33. The number of nitrogens with two attached hydrogens (primary N) is 1. The molecule has 0 bridgehead atoms. The lowest BCUT2D eigenvalue weighted by atomic mass is 10.1. The van der Waals surface area contributed by atoms with E-state index in [-0.39, 0.29) is 12.3 Å². The number of carbonyl (C=O) groups is 2. The predicted molar refractivity (Wildman–Crippen MR) is 155 cm³/mol. The van der Waals surface area contributed by atoms with Gasteiger partial charge in [0, 0.05) is 48.9 Å². The van der Waals surface area contributed by atoms with Crippen LogP contribution in [0, 0.1) is 6.92 Å². The molecule has 2 aromatic heterocycles. The maximum atomic E-state index is 12.8. The highest BCUT2D eigenvalue weighted by Gasteiger charge is 2.47. The number of anilines is 1. The minimum absolute atomic E-state index is 0.223. The Morgan fingerprint density at radius 2 is 2.11 bits per heavy atom. The van der Waals surface area contributed by atoms with Crippen LogP contribution in [0.3, 0.4) is 0 Å². The standard InChI is InChI=1S/C19H17N5O2S.C7H14N2.CH5N/c1-12-6-7-15-14(10-21-24-15)18(12)23-19(26)16(11-20-2)27-17-5-3-4-13(22-17)8-9-25;1-9-5-4-8-6-7(9)2-3-7;1-2/h3-7,9-11H,2,8H2,1H3,(H,21,24)(H,23,26);8H,2-6H2,1H3;2H2,1H3/b16-11-;;. The van der Waals surface area contributed by atoms with Crippen LogP contribution in [0.15, 0.2) is 57.7 Å². The molecule has 202 valence electrons. The summed E-state index contributed by atoms with van der Waals surface area (Å²) < 4.78 is 0. The van der Waals surface area contributed by atoms with Gasteiger partial charge in [0.1, 0.15) is 11.3 Å². The average molecular weight is 537 g/mol. The fraction of sp³-hybridized carbons (Fsp3) is 0.370. The summed E-state index contributed by atoms with van der Waals surface area (Å²) in [6, 6.07) is 9.14. The maximum Gasteiger partial charge on any atom is 0.264 e. The van der Waals surface area contributed by atoms with Gasteiger partial charge in [0.15, 0.2) is 0 Å². The van der Waals surface area contributed by atoms with E-state index in [0.29, 0.717) is 26.9 Å². The Morgan fingerprint density at radius 3 is 2.76 bits per heavy atom. The lowest BCUT2D eigenvalue weighted by molar-refractivity contribution is -0.112. The number of aldehydes is 1. The van der Waals surface area contributed by atoms with Crippen molar-refractivity contribution in [3.63, 3.8) is 0 Å². The van der Waals surface area contributed by atoms with Crippen molar-refractivity contribution in [1.82, 2.24) is 25.4 Å². The molecule has 0 radical (unpaired) electrons. The molecule has 38 heavy (non-hydrogen) atoms. The van der Waals surface area contributed by atoms with E-state index in [1.54, 1.807) is 24.4 Å². The molecule has 0 unspecified atom stereocenters. The van der Waals surface area contributed by atoms with Crippen LogP contribution in [0.4, 0.5) is 5.69 Å². The van der Waals surface area contributed by atoms with Crippen molar-refractivity contribution in [1.29, 1.82) is 0 Å². The zero-order valence-electron chi connectivity index (χ0n) is 22.2. The second kappa shape index (κ2) is 14.0. The number of amides is 1. The fourth-order valence-corrected chi connectivity index (χ4v) is 4.96. The zero-order chi connectivity index (χ0) is 27.5. The van der Waals surface area contributed by atoms with E-state index in [0.717, 1.165) is 34.5 Å². The number of aromatic amines is 1. The van der Waals surface area contributed by atoms with Crippen LogP contribution in [-0.4, -0.2) is 78.3 Å². The number of rotatable bonds is 7. The molecule has 2 aliphatic rings. The molecular weight excluding hydrogens is 500 g/mol. The van der Waals surface area contributed by atoms with Crippen molar-refractivity contribution in [2.45, 2.75) is 36.8 Å². The van der Waals surface area contributed by atoms with Crippen LogP contribution in [-0.2, 0) is 16.0 Å². The third kappa shape index (κ3) is 7.35. The van der Waals surface area contributed by atoms with E-state index in [2.05, 4.69) is 55.2 Å². The number of pyridine rings is 1. The summed E-state index contributed by atoms with van der Waals surface area (Å²) in [5.74, 6) is -0.327. The van der Waals surface area contributed by atoms with E-state index in [9.17, 15) is 9.59 Å². The molecule has 1 aliphatic heterocycles. The molecule has 1 saturated heterocycles. The molecule has 1 saturated carbocycles. The van der Waals surface area contributed by atoms with Crippen molar-refractivity contribution in [2.24, 2.45) is 10.7 Å². The number of nitrogens with one attached hydrogen (secondary N) is 3. The van der Waals surface area contributed by atoms with Crippen LogP contribution in [0.5, 0.6) is 0 Å². The number of hydrogen-bond donors (Lipinski definition) is 4. The summed E-state index contributed by atoms with van der Waals surface area (Å²) >= 11 is 1.16. The molecule has 3 aromatic rings. The van der Waals surface area contributed by atoms with E-state index in [1.807, 2.05) is 19.1 Å². The number of fused-ring (bicyclic) bond motifs is 1. The predicted octanol–water partition coefficient (Wildman–Crippen LogP) is 2.91. The number of nitrogens with zero attached hydrogens (tertiary/aromatic N) is 4. The van der Waals surface area contributed by atoms with Crippen LogP contribution in [0.25, 0.3) is 10.9 Å². The number of likely N-dealkylation sites (N-methyl/N-ethyl adjacent to an activating group) is 1. The molecule has 3 heterocycles. The summed E-state index contributed by atoms with van der Waals surface area (Å²) in [4.78, 5) is 34.5. The first-order chi connectivity index (χ1) is 18.5. The smallest absolute Gasteiger partial charge is 0.264 e. The highest BCUT2D eigenvalue weighted by Crippen LogP contribution is 2.41. The topological polar surface area (TPSA) is 141 Å². The molecule has 5 rings (SSSR count). The van der Waals surface area contributed by atoms with Gasteiger partial charge in [0.2, 0.25) is 0 Å². The molecule has 0 atom stereocenters. The number of thioether (sulfide) groups is 1. The van der Waals surface area contributed by atoms with Gasteiger partial charge < -0.3 is 21.2 Å². The van der Waals surface area contributed by atoms with E-state index >= 15 is 0 Å². The molecule has 10 nitrogen and oxygen atoms in total. The second-order valence-corrected chi connectivity index (χ2v) is 10.0. The summed E-state index contributed by atoms with van der Waals surface area (Å²) in [7, 11) is 3.74. The molecule has 1 aliphatic carbocycles. The highest BCUT2D eigenvalue weighted by molar-refractivity contribution is 8.04. The molecule has 2 fully saturated rings. The molecule has 1 spiro atoms. The molecular formula is C27H36N8O2S. The summed E-state index contributed by atoms with van der Waals surface area (Å²) in [5, 5.41) is 14.7. The van der Waals surface area contributed by atoms with Crippen LogP contribution in [0.2, 0.25) is 0 Å². The van der Waals surface area contributed by atoms with E-state index in [4.69, 9.17) is 0 Å². The Kier molecular flexibility index (Phi) is 10.7. The number of carbonyl (C=O) groups excluding carboxylic acids is 2. The second-order valence-electron chi connectivity index (χ2n) is 8.98. The summed E-state index contributed by atoms with van der Waals surface area (Å²) in [6.07, 6.45) is 6.90. The maximum absolute atomic E-state index is 12.8. The molecule has 1 aromatic carbocycles. The normalized spacial score (nSPS) is 16.1. The number of aliphatic imine (C=N–C) groups is 1. The first-order valence-electron chi connectivity index (χ1n) is 12.4. The number of hydrogen-bond acceptors (Lipinski definition) is 9. The van der Waals surface area contributed by atoms with Gasteiger partial charge in [0.05, 0.1) is 22.3 Å². The Hall–Kier alpha value is -3.38. The van der Waals surface area contributed by atoms with Crippen molar-refractivity contribution in [3.05, 3.63) is 58.9 Å². The lowest BCUT2D eigenvalue weighted by Crippen LogP contribution is -2.51. The van der Waals surface area contributed by atoms with Gasteiger partial charge in [-0.3, -0.25) is 19.8 Å². The van der Waals surface area contributed by atoms with Gasteiger partial charge in [-0.2, -0.15) is 5.10 Å². The van der Waals surface area contributed by atoms with Gasteiger partial charge in [-0.25, -0.2) is 4.98 Å². The number of H-pyrrole nitrogens is 1. The highest BCUT2D eigenvalue weighted by atomic mass is 32.2. The third-order valence-corrected chi connectivity index (χ3v) is 7.45. The van der Waals surface area contributed by atoms with Crippen molar-refractivity contribution in [2.75, 3.05) is 39.0 Å². The van der Waals surface area contributed by atoms with Gasteiger partial charge in [-0.05, 0) is 64.3 Å². The Balaban J connectivity index is 0.000000301. The molecule has 5 N–H and O–H groups in total. The van der Waals surface area contributed by atoms with Crippen LogP contribution >= 0.6 is 11.8 Å². The summed E-state index contributed by atoms with van der Waals surface area (Å²) in [6.45, 7) is 8.99. The first kappa shape index (κ1) is 29.2. The SMILES string of the molecule is C=N/C=C(\Sc1cccc(CC=O)n1)C(=O)Nc1c(C)ccc2[nH]ncc12.CN.CN1CCNCC12CC2. The minimum atomic E-state index is -0.327. The van der Waals surface area contributed by atoms with Gasteiger partial charge in [-0.15, -0.1) is 0 Å². The number of aryl methyl sites for hydroxylation is 1. The Bertz CT molecular complexity index is 1290. The number of benzene rings is 1. The Labute approximate surface area is 227 Å². The number of aromatic nitrogens is 3. The van der Waals surface area contributed by atoms with Gasteiger partial charge in [-0.1, -0.05) is 23.9 Å². The summed E-state index contributed by atoms with van der Waals surface area (Å²) in [5.41, 5.74) is 8.18. The minimum Gasteiger partial charge on any atom is -0.333 e. The largest absolute Gasteiger partial charge is 0.333 e. The van der Waals surface area contributed by atoms with Crippen molar-refractivity contribution >= 4 is 47.3 Å². The monoisotopic (exact) mass is 536 g/mol. The van der Waals surface area contributed by atoms with Crippen LogP contribution < -0.4 is 16.4 Å². The van der Waals surface area contributed by atoms with Crippen molar-refractivity contribution in [3.8, 4) is 0 Å². The first-order valence-corrected chi connectivity index (χ1v) is 13.2. The number of piperazine rings is 1. The van der Waals surface area contributed by atoms with E-state index in [1.165, 1.54) is 45.7 Å². The van der Waals surface area contributed by atoms with Crippen LogP contribution in [0.1, 0.15) is 24.1 Å². The zero-order valence-corrected chi connectivity index (χ0v) is 23.0. The van der Waals surface area contributed by atoms with Gasteiger partial charge in [0.25, 0.3) is 5.91 Å². The third-order valence-electron chi connectivity index (χ3n) is 6.51. The van der Waals surface area contributed by atoms with Gasteiger partial charge >= 0.3 is 0 Å². The molecule has 11 heteroatoms. The average Bonchev–Trinajstić information content (AvgIpc) is 3.54. The molecule has 1 amide bonds. The van der Waals surface area contributed by atoms with E-state index < -0.39 is 0 Å². The quantitative estimate of drug-likeness (QED) is 0.156.